The van der Waals surface area contributed by atoms with Gasteiger partial charge in [-0.1, -0.05) is 23.4 Å². The van der Waals surface area contributed by atoms with Crippen molar-refractivity contribution < 1.29 is 14.1 Å². The first kappa shape index (κ1) is 20.3. The zero-order valence-corrected chi connectivity index (χ0v) is 18.2. The molecular weight excluding hydrogens is 402 g/mol. The summed E-state index contributed by atoms with van der Waals surface area (Å²) in [5, 5.41) is 8.07. The van der Waals surface area contributed by atoms with Crippen LogP contribution < -0.4 is 10.2 Å². The highest BCUT2D eigenvalue weighted by Crippen LogP contribution is 2.30. The number of aryl methyl sites for hydroxylation is 2. The summed E-state index contributed by atoms with van der Waals surface area (Å²) in [6, 6.07) is 19.8. The molecule has 1 N–H and O–H groups in total. The molecule has 4 aromatic rings. The van der Waals surface area contributed by atoms with Gasteiger partial charge in [0.15, 0.2) is 5.58 Å². The van der Waals surface area contributed by atoms with Crippen LogP contribution in [0.2, 0.25) is 0 Å². The van der Waals surface area contributed by atoms with Crippen molar-refractivity contribution in [1.82, 2.24) is 5.16 Å². The molecule has 0 bridgehead atoms. The zero-order chi connectivity index (χ0) is 22.1. The number of ether oxygens (including phenoxy) is 1. The predicted molar refractivity (Wildman–Crippen MR) is 126 cm³/mol. The highest BCUT2D eigenvalue weighted by molar-refractivity contribution is 6.05. The Morgan fingerprint density at radius 3 is 2.69 bits per heavy atom. The second kappa shape index (κ2) is 8.48. The summed E-state index contributed by atoms with van der Waals surface area (Å²) < 4.78 is 10.8. The Bertz CT molecular complexity index is 1290. The molecule has 3 aromatic carbocycles. The molecule has 32 heavy (non-hydrogen) atoms. The highest BCUT2D eigenvalue weighted by atomic mass is 16.5. The van der Waals surface area contributed by atoms with Gasteiger partial charge in [-0.15, -0.1) is 0 Å². The Morgan fingerprint density at radius 2 is 1.84 bits per heavy atom. The molecule has 0 saturated carbocycles. The van der Waals surface area contributed by atoms with Crippen LogP contribution in [0.3, 0.4) is 0 Å². The van der Waals surface area contributed by atoms with E-state index in [1.165, 1.54) is 0 Å². The first-order valence-corrected chi connectivity index (χ1v) is 10.8. The van der Waals surface area contributed by atoms with Crippen LogP contribution in [0.1, 0.15) is 21.6 Å². The lowest BCUT2D eigenvalue weighted by molar-refractivity contribution is 0.102. The van der Waals surface area contributed by atoms with E-state index in [0.29, 0.717) is 5.56 Å². The number of amides is 1. The van der Waals surface area contributed by atoms with E-state index in [4.69, 9.17) is 9.26 Å². The second-order valence-electron chi connectivity index (χ2n) is 8.11. The van der Waals surface area contributed by atoms with Gasteiger partial charge in [0.25, 0.3) is 5.91 Å². The van der Waals surface area contributed by atoms with Crippen LogP contribution in [-0.2, 0) is 4.74 Å². The first-order valence-electron chi connectivity index (χ1n) is 10.8. The summed E-state index contributed by atoms with van der Waals surface area (Å²) in [6.07, 6.45) is 0. The lowest BCUT2D eigenvalue weighted by Crippen LogP contribution is -2.36. The number of carbonyl (C=O) groups is 1. The van der Waals surface area contributed by atoms with Gasteiger partial charge in [-0.3, -0.25) is 4.79 Å². The molecule has 1 fully saturated rings. The van der Waals surface area contributed by atoms with Crippen LogP contribution >= 0.6 is 0 Å². The fraction of sp³-hybridized carbons (Fsp3) is 0.231. The Labute approximate surface area is 186 Å². The SMILES string of the molecule is Cc1ccc(C(=O)Nc2cccc(N3CCOCC3)c2)cc1-c1ccc2onc(C)c2c1. The molecule has 0 spiro atoms. The molecule has 0 radical (unpaired) electrons. The monoisotopic (exact) mass is 427 g/mol. The molecule has 6 nitrogen and oxygen atoms in total. The van der Waals surface area contributed by atoms with Crippen molar-refractivity contribution in [2.45, 2.75) is 13.8 Å². The average molecular weight is 428 g/mol. The summed E-state index contributed by atoms with van der Waals surface area (Å²) >= 11 is 0. The van der Waals surface area contributed by atoms with Crippen LogP contribution in [0.4, 0.5) is 11.4 Å². The number of benzene rings is 3. The number of fused-ring (bicyclic) bond motifs is 1. The third-order valence-electron chi connectivity index (χ3n) is 5.94. The second-order valence-corrected chi connectivity index (χ2v) is 8.11. The summed E-state index contributed by atoms with van der Waals surface area (Å²) in [5.41, 5.74) is 7.25. The van der Waals surface area contributed by atoms with E-state index in [2.05, 4.69) is 27.5 Å². The van der Waals surface area contributed by atoms with E-state index >= 15 is 0 Å². The maximum Gasteiger partial charge on any atom is 0.255 e. The molecule has 0 atom stereocenters. The van der Waals surface area contributed by atoms with Crippen molar-refractivity contribution in [2.75, 3.05) is 36.5 Å². The first-order chi connectivity index (χ1) is 15.6. The van der Waals surface area contributed by atoms with E-state index < -0.39 is 0 Å². The standard InChI is InChI=1S/C26H25N3O3/c1-17-6-7-20(15-23(17)19-8-9-25-24(14-19)18(2)28-32-25)26(30)27-21-4-3-5-22(16-21)29-10-12-31-13-11-29/h3-9,14-16H,10-13H2,1-2H3,(H,27,30). The normalized spacial score (nSPS) is 14.0. The smallest absolute Gasteiger partial charge is 0.255 e. The minimum absolute atomic E-state index is 0.132. The topological polar surface area (TPSA) is 67.6 Å². The number of nitrogens with zero attached hydrogens (tertiary/aromatic N) is 2. The van der Waals surface area contributed by atoms with Crippen LogP contribution in [0, 0.1) is 13.8 Å². The molecule has 5 rings (SSSR count). The molecule has 1 aliphatic heterocycles. The zero-order valence-electron chi connectivity index (χ0n) is 18.2. The molecule has 1 aromatic heterocycles. The molecular formula is C26H25N3O3. The van der Waals surface area contributed by atoms with Gasteiger partial charge in [-0.2, -0.15) is 0 Å². The van der Waals surface area contributed by atoms with Crippen LogP contribution in [0.15, 0.2) is 65.2 Å². The summed E-state index contributed by atoms with van der Waals surface area (Å²) in [7, 11) is 0. The van der Waals surface area contributed by atoms with Gasteiger partial charge >= 0.3 is 0 Å². The van der Waals surface area contributed by atoms with Gasteiger partial charge in [0, 0.05) is 35.4 Å². The number of carbonyl (C=O) groups excluding carboxylic acids is 1. The Balaban J connectivity index is 1.40. The number of aromatic nitrogens is 1. The van der Waals surface area contributed by atoms with Gasteiger partial charge in [-0.05, 0) is 73.0 Å². The fourth-order valence-electron chi connectivity index (χ4n) is 4.11. The van der Waals surface area contributed by atoms with Crippen LogP contribution in [0.5, 0.6) is 0 Å². The van der Waals surface area contributed by atoms with E-state index in [-0.39, 0.29) is 5.91 Å². The van der Waals surface area contributed by atoms with Crippen molar-refractivity contribution in [2.24, 2.45) is 0 Å². The molecule has 0 aliphatic carbocycles. The van der Waals surface area contributed by atoms with Gasteiger partial charge in [0.05, 0.1) is 18.9 Å². The van der Waals surface area contributed by atoms with E-state index in [0.717, 1.165) is 71.0 Å². The number of rotatable bonds is 4. The third kappa shape index (κ3) is 3.97. The number of nitrogens with one attached hydrogen (secondary N) is 1. The quantitative estimate of drug-likeness (QED) is 0.485. The number of anilines is 2. The van der Waals surface area contributed by atoms with Crippen molar-refractivity contribution in [3.8, 4) is 11.1 Å². The van der Waals surface area contributed by atoms with Crippen LogP contribution in [0.25, 0.3) is 22.1 Å². The van der Waals surface area contributed by atoms with Gasteiger partial charge in [0.2, 0.25) is 0 Å². The lowest BCUT2D eigenvalue weighted by Gasteiger charge is -2.29. The maximum atomic E-state index is 13.1. The van der Waals surface area contributed by atoms with E-state index in [1.807, 2.05) is 62.4 Å². The Kier molecular flexibility index (Phi) is 5.37. The van der Waals surface area contributed by atoms with E-state index in [1.54, 1.807) is 0 Å². The van der Waals surface area contributed by atoms with Crippen molar-refractivity contribution >= 4 is 28.3 Å². The van der Waals surface area contributed by atoms with Crippen molar-refractivity contribution in [1.29, 1.82) is 0 Å². The number of hydrogen-bond donors (Lipinski definition) is 1. The third-order valence-corrected chi connectivity index (χ3v) is 5.94. The molecule has 2 heterocycles. The van der Waals surface area contributed by atoms with Crippen molar-refractivity contribution in [3.63, 3.8) is 0 Å². The minimum atomic E-state index is -0.132. The van der Waals surface area contributed by atoms with Gasteiger partial charge < -0.3 is 19.5 Å². The van der Waals surface area contributed by atoms with Crippen molar-refractivity contribution in [3.05, 3.63) is 77.5 Å². The average Bonchev–Trinajstić information content (AvgIpc) is 3.20. The summed E-state index contributed by atoms with van der Waals surface area (Å²) in [5.74, 6) is -0.132. The number of morpholine rings is 1. The Morgan fingerprint density at radius 1 is 1.00 bits per heavy atom. The maximum absolute atomic E-state index is 13.1. The fourth-order valence-corrected chi connectivity index (χ4v) is 4.11. The predicted octanol–water partition coefficient (Wildman–Crippen LogP) is 5.20. The van der Waals surface area contributed by atoms with Crippen LogP contribution in [-0.4, -0.2) is 37.4 Å². The Hall–Kier alpha value is -3.64. The molecule has 1 amide bonds. The number of hydrogen-bond acceptors (Lipinski definition) is 5. The minimum Gasteiger partial charge on any atom is -0.378 e. The molecule has 162 valence electrons. The molecule has 6 heteroatoms. The molecule has 0 unspecified atom stereocenters. The van der Waals surface area contributed by atoms with Gasteiger partial charge in [0.1, 0.15) is 0 Å². The van der Waals surface area contributed by atoms with E-state index in [9.17, 15) is 4.79 Å². The summed E-state index contributed by atoms with van der Waals surface area (Å²) in [6.45, 7) is 7.14. The van der Waals surface area contributed by atoms with Gasteiger partial charge in [-0.25, -0.2) is 0 Å². The largest absolute Gasteiger partial charge is 0.378 e. The summed E-state index contributed by atoms with van der Waals surface area (Å²) in [4.78, 5) is 15.3. The highest BCUT2D eigenvalue weighted by Gasteiger charge is 2.14. The molecule has 1 saturated heterocycles. The lowest BCUT2D eigenvalue weighted by atomic mass is 9.96. The molecule has 1 aliphatic rings.